The summed E-state index contributed by atoms with van der Waals surface area (Å²) in [6.45, 7) is -1.09. The van der Waals surface area contributed by atoms with Crippen LogP contribution in [0.25, 0.3) is 0 Å². The van der Waals surface area contributed by atoms with E-state index in [1.807, 2.05) is 0 Å². The van der Waals surface area contributed by atoms with Crippen molar-refractivity contribution >= 4 is 85.2 Å². The van der Waals surface area contributed by atoms with Crippen molar-refractivity contribution in [1.82, 2.24) is 38.9 Å². The Balaban J connectivity index is 0.000000152. The van der Waals surface area contributed by atoms with Crippen molar-refractivity contribution in [3.63, 3.8) is 0 Å². The lowest BCUT2D eigenvalue weighted by atomic mass is 10.1. The van der Waals surface area contributed by atoms with E-state index in [-0.39, 0.29) is 97.2 Å². The number of para-hydroxylation sites is 4. The Labute approximate surface area is 749 Å². The van der Waals surface area contributed by atoms with E-state index in [0.29, 0.717) is 53.7 Å². The Morgan fingerprint density at radius 2 is 0.758 bits per heavy atom. The summed E-state index contributed by atoms with van der Waals surface area (Å²) in [5.74, 6) is -13.3. The van der Waals surface area contributed by atoms with Crippen LogP contribution in [-0.4, -0.2) is 213 Å². The average molecular weight is 1970 g/mol. The van der Waals surface area contributed by atoms with Crippen LogP contribution >= 0.6 is 80.2 Å². The Hall–Kier alpha value is -8.41. The van der Waals surface area contributed by atoms with E-state index in [9.17, 15) is 73.5 Å². The number of methoxy groups -OCH3 is 4. The number of phosphoric ester groups is 4. The molecule has 3 aromatic heterocycles. The van der Waals surface area contributed by atoms with Gasteiger partial charge in [-0.25, -0.2) is 50.2 Å². The minimum Gasteiger partial charge on any atom is -0.493 e. The molecule has 55 heteroatoms. The third-order valence-corrected chi connectivity index (χ3v) is 26.3. The number of aromatic amines is 3. The number of aromatic nitrogens is 6. The van der Waals surface area contributed by atoms with Gasteiger partial charge in [-0.15, -0.1) is 0 Å². The molecule has 0 saturated carbocycles. The highest BCUT2D eigenvalue weighted by molar-refractivity contribution is 7.80. The van der Waals surface area contributed by atoms with Gasteiger partial charge in [0.2, 0.25) is 0 Å². The number of aryl methyl sites for hydroxylation is 3. The molecule has 4 saturated heterocycles. The van der Waals surface area contributed by atoms with Crippen molar-refractivity contribution in [2.24, 2.45) is 0 Å². The number of rotatable bonds is 20. The quantitative estimate of drug-likeness (QED) is 0.0197. The van der Waals surface area contributed by atoms with Crippen molar-refractivity contribution in [3.8, 4) is 46.0 Å². The largest absolute Gasteiger partial charge is 0.530 e. The maximum atomic E-state index is 16.0. The number of H-pyrrole nitrogens is 3. The van der Waals surface area contributed by atoms with Crippen LogP contribution in [0.5, 0.6) is 46.0 Å². The number of nitrogens with one attached hydrogen (secondary N) is 4. The summed E-state index contributed by atoms with van der Waals surface area (Å²) in [6, 6.07) is 19.1. The van der Waals surface area contributed by atoms with Gasteiger partial charge < -0.3 is 107 Å². The van der Waals surface area contributed by atoms with Crippen LogP contribution in [-0.2, 0) is 99.8 Å². The fraction of sp³-hybridized carbons (Fsp3) is 0.438. The fourth-order valence-corrected chi connectivity index (χ4v) is 18.0. The van der Waals surface area contributed by atoms with Gasteiger partial charge in [-0.3, -0.25) is 64.8 Å². The van der Waals surface area contributed by atoms with Gasteiger partial charge in [-0.05, 0) is 52.0 Å². The number of nitrogens with zero attached hydrogens (tertiary/aromatic N) is 4. The predicted molar refractivity (Wildman–Crippen MR) is 439 cm³/mol. The lowest BCUT2D eigenvalue weighted by Crippen LogP contribution is -2.47. The number of aliphatic hydroxyl groups is 8. The summed E-state index contributed by atoms with van der Waals surface area (Å²) < 4.78 is 268. The number of hydrogen-bond donors (Lipinski definition) is 12. The molecule has 128 heavy (non-hydrogen) atoms. The van der Waals surface area contributed by atoms with E-state index < -0.39 is 172 Å². The molecule has 16 rings (SSSR count). The Morgan fingerprint density at radius 3 is 1.13 bits per heavy atom. The SMILES string of the molecule is COc1cccc2c1OP(=O)(OC[C@@]1(F)O[C@@H](n3cc(C)c(=S)[nH]c3=O)[C@H](O)[C@@H]1O)OC2.[2H]C([2H])(OP1(=O)OCc2cccc(OC)c2O1)[C@@]1(F)O[C@@H](n2cc(C)c(=S)[nH]c2=O)[C@H](O)[C@@H]1O.[2H]C([2H])(OP1(=O)OCc2cccc(OC)c2O1)[C@@]1(F)O[C@@]([2H])(N2C=C(C)C(=S)NC2=C)[C@H](O)[C@@H]1O.[2H][C@@]1(n2cc(C)c(=S)[nH]c2=O)O[C@](F)(COP2(=O)OCc3cccc(OC)c3O2)[C@@H](O)[C@H]1O. The molecule has 9 aliphatic rings. The molecular weight excluding hydrogens is 1880 g/mol. The second kappa shape index (κ2) is 38.1. The molecule has 20 atom stereocenters. The first-order valence-corrected chi connectivity index (χ1v) is 44.5. The maximum absolute atomic E-state index is 16.0. The normalized spacial score (nSPS) is 34.5. The molecule has 0 radical (unpaired) electrons. The molecule has 4 unspecified atom stereocenters. The van der Waals surface area contributed by atoms with Crippen LogP contribution in [0, 0.1) is 34.7 Å². The van der Waals surface area contributed by atoms with Crippen molar-refractivity contribution in [2.45, 2.75) is 151 Å². The number of aliphatic hydroxyl groups excluding tert-OH is 8. The molecule has 0 aliphatic carbocycles. The number of phosphoric acid groups is 4. The smallest absolute Gasteiger partial charge is 0.493 e. The Bertz CT molecular complexity index is 6370. The molecule has 696 valence electrons. The van der Waals surface area contributed by atoms with Crippen LogP contribution in [0.4, 0.5) is 17.6 Å². The van der Waals surface area contributed by atoms with Crippen LogP contribution < -0.4 is 59.4 Å². The van der Waals surface area contributed by atoms with E-state index in [1.54, 1.807) is 74.5 Å². The van der Waals surface area contributed by atoms with Gasteiger partial charge in [-0.1, -0.05) is 104 Å². The lowest BCUT2D eigenvalue weighted by Gasteiger charge is -2.35. The minimum absolute atomic E-state index is 0.0596. The molecule has 0 spiro atoms. The summed E-state index contributed by atoms with van der Waals surface area (Å²) in [6.07, 6.45) is -22.7. The molecule has 4 fully saturated rings. The molecule has 43 nitrogen and oxygen atoms in total. The first-order valence-electron chi connectivity index (χ1n) is 40.0. The number of benzene rings is 4. The summed E-state index contributed by atoms with van der Waals surface area (Å²) >= 11 is 19.9. The van der Waals surface area contributed by atoms with E-state index in [4.69, 9.17) is 149 Å². The van der Waals surface area contributed by atoms with Crippen molar-refractivity contribution in [3.05, 3.63) is 200 Å². The number of fused-ring (bicyclic) bond motifs is 4. The van der Waals surface area contributed by atoms with Gasteiger partial charge in [0.1, 0.15) is 99.9 Å². The predicted octanol–water partition coefficient (Wildman–Crippen LogP) is 7.70. The van der Waals surface area contributed by atoms with E-state index in [0.717, 1.165) is 21.9 Å². The van der Waals surface area contributed by atoms with E-state index in [1.165, 1.54) is 66.8 Å². The molecule has 9 aliphatic heterocycles. The first kappa shape index (κ1) is 88.8. The summed E-state index contributed by atoms with van der Waals surface area (Å²) in [5, 5.41) is 85.6. The van der Waals surface area contributed by atoms with Crippen molar-refractivity contribution < 1.29 is 177 Å². The number of ether oxygens (including phenoxy) is 8. The van der Waals surface area contributed by atoms with Gasteiger partial charge in [0.05, 0.1) is 63.1 Å². The summed E-state index contributed by atoms with van der Waals surface area (Å²) in [5.41, 5.74) is 0.730. The van der Waals surface area contributed by atoms with Gasteiger partial charge in [0.25, 0.3) is 23.4 Å². The summed E-state index contributed by atoms with van der Waals surface area (Å²) in [7, 11) is -13.0. The summed E-state index contributed by atoms with van der Waals surface area (Å²) in [4.78, 5) is 44.7. The highest BCUT2D eigenvalue weighted by Crippen LogP contribution is 2.62. The zero-order valence-corrected chi connectivity index (χ0v) is 74.1. The van der Waals surface area contributed by atoms with Gasteiger partial charge >= 0.3 is 48.4 Å². The molecule has 12 N–H and O–H groups in total. The zero-order chi connectivity index (χ0) is 98.5. The monoisotopic (exact) mass is 1960 g/mol. The standard InChI is InChI=1S/C19H22FN2O8PS.3C18H20FN2O9PS/c1-10-7-22(11(2)21-17(10)32)18-14(23)16(24)19(20,29-18)9-28-31(25)27-8-12-5-4-6-13(26-3)15(12)30-31;3*1-9-6-21(17(24)20-15(9)32)16-12(22)14(23)18(19,29-16)8-28-31(25)27-7-10-4-3-5-11(26-2)13(10)30-31/h4-7,14,16,18,23-24H,2,8-9H2,1,3H3,(H,21,32);3*3-6,12,14,16,22-23H,7-8H2,1-2H3,(H,20,24,32)/t14-,16+,18-,19-,31?;3*12-,14+,16-,18-,31?/m1111/s1/i9D2,18D;16D;8D2;. The Morgan fingerprint density at radius 1 is 0.461 bits per heavy atom. The molecule has 7 aromatic rings. The van der Waals surface area contributed by atoms with Gasteiger partial charge in [0.15, 0.2) is 70.9 Å². The number of thiocarbonyl (C=S) groups is 1. The molecule has 4 aromatic carbocycles. The molecular formula is C73H82F4N8O35P4S4. The maximum Gasteiger partial charge on any atom is 0.530 e. The third kappa shape index (κ3) is 19.9. The highest BCUT2D eigenvalue weighted by atomic mass is 32.1. The van der Waals surface area contributed by atoms with Crippen LogP contribution in [0.15, 0.2) is 130 Å². The average Bonchev–Trinajstić information content (AvgIpc) is 1.55. The first-order chi connectivity index (χ1) is 62.5. The Kier molecular flexibility index (Phi) is 26.4. The van der Waals surface area contributed by atoms with E-state index in [2.05, 4.69) is 26.8 Å². The van der Waals surface area contributed by atoms with Crippen molar-refractivity contribution in [2.75, 3.05) is 54.8 Å². The zero-order valence-electron chi connectivity index (χ0n) is 73.3. The third-order valence-electron chi connectivity index (χ3n) is 19.7. The molecule has 12 heterocycles. The number of hydrogen-bond acceptors (Lipinski definition) is 40. The van der Waals surface area contributed by atoms with E-state index >= 15 is 17.6 Å². The van der Waals surface area contributed by atoms with Gasteiger partial charge in [-0.2, -0.15) is 0 Å². The number of alkyl halides is 4. The highest BCUT2D eigenvalue weighted by Gasteiger charge is 2.63. The second-order valence-corrected chi connectivity index (χ2v) is 36.2. The number of halogens is 4. The van der Waals surface area contributed by atoms with Crippen LogP contribution in [0.2, 0.25) is 0 Å². The van der Waals surface area contributed by atoms with Crippen LogP contribution in [0.3, 0.4) is 0 Å². The van der Waals surface area contributed by atoms with Crippen molar-refractivity contribution in [1.29, 1.82) is 0 Å². The molecule has 0 amide bonds. The minimum atomic E-state index is -4.85. The molecule has 0 bridgehead atoms. The lowest BCUT2D eigenvalue weighted by molar-refractivity contribution is -0.207. The second-order valence-electron chi connectivity index (χ2n) is 28.4. The van der Waals surface area contributed by atoms with Crippen LogP contribution in [0.1, 0.15) is 72.8 Å². The topological polar surface area (TPSA) is 543 Å². The van der Waals surface area contributed by atoms with Gasteiger partial charge in [0, 0.05) is 69.3 Å². The fourth-order valence-electron chi connectivity index (χ4n) is 12.7.